The van der Waals surface area contributed by atoms with Gasteiger partial charge in [0.2, 0.25) is 0 Å². The van der Waals surface area contributed by atoms with E-state index in [1.807, 2.05) is 19.9 Å². The number of aliphatic hydroxyl groups is 1. The molecule has 1 atom stereocenters. The lowest BCUT2D eigenvalue weighted by Gasteiger charge is -2.37. The van der Waals surface area contributed by atoms with Crippen molar-refractivity contribution >= 4 is 5.78 Å². The van der Waals surface area contributed by atoms with E-state index in [2.05, 4.69) is 13.8 Å². The van der Waals surface area contributed by atoms with E-state index < -0.39 is 0 Å². The quantitative estimate of drug-likeness (QED) is 0.849. The lowest BCUT2D eigenvalue weighted by molar-refractivity contribution is -0.129. The summed E-state index contributed by atoms with van der Waals surface area (Å²) in [5, 5.41) is 19.7. The number of Topliss-reactive ketones (excluding diaryl/α,β-unsaturated/α-hetero) is 1. The number of rotatable bonds is 5. The molecule has 0 spiro atoms. The Morgan fingerprint density at radius 3 is 2.52 bits per heavy atom. The Bertz CT molecular complexity index is 572. The summed E-state index contributed by atoms with van der Waals surface area (Å²) in [5.74, 6) is 0.963. The maximum Gasteiger partial charge on any atom is 0.136 e. The Morgan fingerprint density at radius 2 is 1.96 bits per heavy atom. The van der Waals surface area contributed by atoms with Gasteiger partial charge in [-0.05, 0) is 59.8 Å². The molecule has 0 heterocycles. The Morgan fingerprint density at radius 1 is 1.26 bits per heavy atom. The van der Waals surface area contributed by atoms with Gasteiger partial charge in [0.15, 0.2) is 0 Å². The first-order chi connectivity index (χ1) is 10.8. The standard InChI is InChI=1S/C20H30O3/c1-13(2)16-10-14(15(12-21)11-19(16)23)7-8-17-18(22)6-5-9-20(17,3)4/h10-11,13,17,21,23H,5-9,12H2,1-4H3/t17-/m0/s1. The van der Waals surface area contributed by atoms with Crippen molar-refractivity contribution in [2.75, 3.05) is 0 Å². The monoisotopic (exact) mass is 318 g/mol. The number of aliphatic hydroxyl groups excluding tert-OH is 1. The molecule has 0 bridgehead atoms. The van der Waals surface area contributed by atoms with Crippen molar-refractivity contribution in [1.82, 2.24) is 0 Å². The lowest BCUT2D eigenvalue weighted by atomic mass is 9.66. The molecule has 0 radical (unpaired) electrons. The van der Waals surface area contributed by atoms with Gasteiger partial charge in [0, 0.05) is 12.3 Å². The highest BCUT2D eigenvalue weighted by atomic mass is 16.3. The van der Waals surface area contributed by atoms with E-state index in [-0.39, 0.29) is 29.6 Å². The van der Waals surface area contributed by atoms with Gasteiger partial charge < -0.3 is 10.2 Å². The van der Waals surface area contributed by atoms with Crippen LogP contribution in [0.1, 0.15) is 76.0 Å². The Hall–Kier alpha value is -1.35. The van der Waals surface area contributed by atoms with E-state index in [0.29, 0.717) is 12.2 Å². The van der Waals surface area contributed by atoms with Crippen LogP contribution in [0.5, 0.6) is 5.75 Å². The lowest BCUT2D eigenvalue weighted by Crippen LogP contribution is -2.35. The molecule has 3 nitrogen and oxygen atoms in total. The predicted octanol–water partition coefficient (Wildman–Crippen LogP) is 4.34. The molecular weight excluding hydrogens is 288 g/mol. The van der Waals surface area contributed by atoms with Crippen LogP contribution < -0.4 is 0 Å². The fraction of sp³-hybridized carbons (Fsp3) is 0.650. The van der Waals surface area contributed by atoms with Crippen molar-refractivity contribution in [3.63, 3.8) is 0 Å². The van der Waals surface area contributed by atoms with Gasteiger partial charge in [0.25, 0.3) is 0 Å². The molecule has 23 heavy (non-hydrogen) atoms. The Balaban J connectivity index is 2.22. The van der Waals surface area contributed by atoms with Crippen molar-refractivity contribution in [1.29, 1.82) is 0 Å². The molecule has 1 fully saturated rings. The topological polar surface area (TPSA) is 57.5 Å². The Kier molecular flexibility index (Phi) is 5.51. The molecule has 0 aliphatic heterocycles. The SMILES string of the molecule is CC(C)c1cc(CC[C@H]2C(=O)CCCC2(C)C)c(CO)cc1O. The molecule has 1 aliphatic carbocycles. The van der Waals surface area contributed by atoms with Crippen LogP contribution in [0.15, 0.2) is 12.1 Å². The van der Waals surface area contributed by atoms with Gasteiger partial charge in [0.05, 0.1) is 6.61 Å². The van der Waals surface area contributed by atoms with Crippen LogP contribution in [0.3, 0.4) is 0 Å². The highest BCUT2D eigenvalue weighted by Crippen LogP contribution is 2.41. The summed E-state index contributed by atoms with van der Waals surface area (Å²) < 4.78 is 0. The zero-order valence-corrected chi connectivity index (χ0v) is 14.9. The number of hydrogen-bond donors (Lipinski definition) is 2. The van der Waals surface area contributed by atoms with Crippen molar-refractivity contribution in [2.45, 2.75) is 72.3 Å². The summed E-state index contributed by atoms with van der Waals surface area (Å²) >= 11 is 0. The van der Waals surface area contributed by atoms with E-state index in [0.717, 1.165) is 42.4 Å². The van der Waals surface area contributed by atoms with Crippen LogP contribution in [0.4, 0.5) is 0 Å². The number of hydrogen-bond acceptors (Lipinski definition) is 3. The minimum atomic E-state index is -0.0801. The van der Waals surface area contributed by atoms with Gasteiger partial charge in [-0.2, -0.15) is 0 Å². The predicted molar refractivity (Wildman–Crippen MR) is 92.6 cm³/mol. The zero-order valence-electron chi connectivity index (χ0n) is 14.9. The molecule has 0 aromatic heterocycles. The molecule has 1 aromatic carbocycles. The molecule has 2 N–H and O–H groups in total. The second kappa shape index (κ2) is 7.04. The van der Waals surface area contributed by atoms with Crippen molar-refractivity contribution in [3.8, 4) is 5.75 Å². The molecule has 0 saturated heterocycles. The van der Waals surface area contributed by atoms with Crippen LogP contribution in [0.25, 0.3) is 0 Å². The number of carbonyl (C=O) groups is 1. The number of ketones is 1. The van der Waals surface area contributed by atoms with E-state index in [1.54, 1.807) is 6.07 Å². The molecule has 3 heteroatoms. The molecule has 2 rings (SSSR count). The van der Waals surface area contributed by atoms with Crippen LogP contribution in [0.2, 0.25) is 0 Å². The van der Waals surface area contributed by atoms with Crippen molar-refractivity contribution < 1.29 is 15.0 Å². The normalized spacial score (nSPS) is 21.0. The van der Waals surface area contributed by atoms with Crippen LogP contribution >= 0.6 is 0 Å². The van der Waals surface area contributed by atoms with Gasteiger partial charge >= 0.3 is 0 Å². The van der Waals surface area contributed by atoms with Gasteiger partial charge in [-0.3, -0.25) is 4.79 Å². The van der Waals surface area contributed by atoms with E-state index in [1.165, 1.54) is 0 Å². The molecule has 1 aliphatic rings. The molecule has 0 amide bonds. The first-order valence-corrected chi connectivity index (χ1v) is 8.74. The van der Waals surface area contributed by atoms with Gasteiger partial charge in [-0.15, -0.1) is 0 Å². The molecular formula is C20H30O3. The third kappa shape index (κ3) is 3.95. The second-order valence-corrected chi connectivity index (χ2v) is 7.89. The van der Waals surface area contributed by atoms with Crippen molar-refractivity contribution in [2.24, 2.45) is 11.3 Å². The maximum atomic E-state index is 12.3. The second-order valence-electron chi connectivity index (χ2n) is 7.89. The van der Waals surface area contributed by atoms with E-state index in [4.69, 9.17) is 0 Å². The number of benzene rings is 1. The maximum absolute atomic E-state index is 12.3. The number of aromatic hydroxyl groups is 1. The summed E-state index contributed by atoms with van der Waals surface area (Å²) in [6, 6.07) is 3.68. The minimum absolute atomic E-state index is 0.0620. The highest BCUT2D eigenvalue weighted by molar-refractivity contribution is 5.82. The summed E-state index contributed by atoms with van der Waals surface area (Å²) in [5.41, 5.74) is 2.80. The fourth-order valence-electron chi connectivity index (χ4n) is 3.89. The van der Waals surface area contributed by atoms with Crippen LogP contribution in [-0.2, 0) is 17.8 Å². The smallest absolute Gasteiger partial charge is 0.136 e. The van der Waals surface area contributed by atoms with Crippen LogP contribution in [-0.4, -0.2) is 16.0 Å². The van der Waals surface area contributed by atoms with Gasteiger partial charge in [0.1, 0.15) is 11.5 Å². The third-order valence-electron chi connectivity index (χ3n) is 5.42. The first-order valence-electron chi connectivity index (χ1n) is 8.74. The summed E-state index contributed by atoms with van der Waals surface area (Å²) in [6.07, 6.45) is 4.40. The van der Waals surface area contributed by atoms with Crippen LogP contribution in [0, 0.1) is 11.3 Å². The van der Waals surface area contributed by atoms with E-state index in [9.17, 15) is 15.0 Å². The average Bonchev–Trinajstić information content (AvgIpc) is 2.46. The molecule has 1 saturated carbocycles. The fourth-order valence-corrected chi connectivity index (χ4v) is 3.89. The summed E-state index contributed by atoms with van der Waals surface area (Å²) in [4.78, 5) is 12.3. The van der Waals surface area contributed by atoms with Gasteiger partial charge in [-0.1, -0.05) is 33.8 Å². The number of aryl methyl sites for hydroxylation is 1. The summed E-state index contributed by atoms with van der Waals surface area (Å²) in [7, 11) is 0. The molecule has 1 aromatic rings. The number of phenols is 1. The number of carbonyl (C=O) groups excluding carboxylic acids is 1. The zero-order chi connectivity index (χ0) is 17.2. The first kappa shape index (κ1) is 18.0. The third-order valence-corrected chi connectivity index (χ3v) is 5.42. The summed E-state index contributed by atoms with van der Waals surface area (Å²) in [6.45, 7) is 8.40. The average molecular weight is 318 g/mol. The molecule has 0 unspecified atom stereocenters. The molecule has 128 valence electrons. The number of phenolic OH excluding ortho intramolecular Hbond substituents is 1. The van der Waals surface area contributed by atoms with Crippen molar-refractivity contribution in [3.05, 3.63) is 28.8 Å². The van der Waals surface area contributed by atoms with E-state index >= 15 is 0 Å². The largest absolute Gasteiger partial charge is 0.508 e. The minimum Gasteiger partial charge on any atom is -0.508 e. The highest BCUT2D eigenvalue weighted by Gasteiger charge is 2.37. The Labute approximate surface area is 139 Å². The van der Waals surface area contributed by atoms with Gasteiger partial charge in [-0.25, -0.2) is 0 Å².